The molecule has 0 aromatic carbocycles. The number of unbranched alkanes of at least 4 members (excludes halogenated alkanes) is 3. The molecule has 0 radical (unpaired) electrons. The first-order valence-electron chi connectivity index (χ1n) is 5.12. The van der Waals surface area contributed by atoms with E-state index in [0.717, 1.165) is 0 Å². The number of rotatable bonds is 6. The molecular formula is C11H24. The molecule has 0 unspecified atom stereocenters. The van der Waals surface area contributed by atoms with Crippen LogP contribution in [0.5, 0.6) is 0 Å². The van der Waals surface area contributed by atoms with Gasteiger partial charge in [-0.25, -0.2) is 0 Å². The Morgan fingerprint density at radius 1 is 0.909 bits per heavy atom. The molecule has 0 spiro atoms. The van der Waals surface area contributed by atoms with Crippen molar-refractivity contribution in [1.82, 2.24) is 0 Å². The van der Waals surface area contributed by atoms with E-state index < -0.39 is 0 Å². The van der Waals surface area contributed by atoms with Gasteiger partial charge in [-0.15, -0.1) is 0 Å². The van der Waals surface area contributed by atoms with Gasteiger partial charge in [0.15, 0.2) is 0 Å². The maximum Gasteiger partial charge on any atom is -0.0357 e. The lowest BCUT2D eigenvalue weighted by Gasteiger charge is -2.21. The molecule has 0 atom stereocenters. The Labute approximate surface area is 72.4 Å². The van der Waals surface area contributed by atoms with Gasteiger partial charge in [-0.3, -0.25) is 0 Å². The van der Waals surface area contributed by atoms with Crippen LogP contribution < -0.4 is 0 Å². The third-order valence-electron chi connectivity index (χ3n) is 2.66. The maximum atomic E-state index is 2.37. The molecule has 0 aliphatic carbocycles. The van der Waals surface area contributed by atoms with Gasteiger partial charge in [-0.1, -0.05) is 59.8 Å². The Kier molecular flexibility index (Phi) is 5.62. The summed E-state index contributed by atoms with van der Waals surface area (Å²) in [6.45, 7) is 9.31. The summed E-state index contributed by atoms with van der Waals surface area (Å²) in [5, 5.41) is 0. The van der Waals surface area contributed by atoms with Gasteiger partial charge in [0.2, 0.25) is 0 Å². The Bertz CT molecular complexity index is 82.0. The van der Waals surface area contributed by atoms with E-state index >= 15 is 0 Å². The van der Waals surface area contributed by atoms with Crippen molar-refractivity contribution in [2.45, 2.75) is 66.2 Å². The highest BCUT2D eigenvalue weighted by Crippen LogP contribution is 2.27. The van der Waals surface area contributed by atoms with E-state index in [0.29, 0.717) is 5.41 Å². The zero-order valence-corrected chi connectivity index (χ0v) is 8.74. The minimum atomic E-state index is 0.591. The fourth-order valence-electron chi connectivity index (χ4n) is 1.21. The van der Waals surface area contributed by atoms with Gasteiger partial charge < -0.3 is 0 Å². The second-order valence-corrected chi connectivity index (χ2v) is 4.33. The number of hydrogen-bond acceptors (Lipinski definition) is 0. The average Bonchev–Trinajstić information content (AvgIpc) is 1.99. The molecule has 0 aromatic heterocycles. The minimum Gasteiger partial charge on any atom is -0.0654 e. The van der Waals surface area contributed by atoms with Gasteiger partial charge in [-0.05, 0) is 11.8 Å². The summed E-state index contributed by atoms with van der Waals surface area (Å²) in [6, 6.07) is 0. The van der Waals surface area contributed by atoms with E-state index in [-0.39, 0.29) is 0 Å². The number of hydrogen-bond donors (Lipinski definition) is 0. The smallest absolute Gasteiger partial charge is 0.0357 e. The zero-order chi connectivity index (χ0) is 8.74. The Balaban J connectivity index is 3.23. The van der Waals surface area contributed by atoms with E-state index in [9.17, 15) is 0 Å². The molecule has 0 heteroatoms. The van der Waals surface area contributed by atoms with Crippen LogP contribution >= 0.6 is 0 Å². The van der Waals surface area contributed by atoms with E-state index in [2.05, 4.69) is 27.7 Å². The highest BCUT2D eigenvalue weighted by atomic mass is 14.2. The van der Waals surface area contributed by atoms with Crippen molar-refractivity contribution >= 4 is 0 Å². The Hall–Kier alpha value is 0. The summed E-state index contributed by atoms with van der Waals surface area (Å²) in [4.78, 5) is 0. The molecule has 0 aromatic rings. The Morgan fingerprint density at radius 2 is 1.55 bits per heavy atom. The molecule has 68 valence electrons. The normalized spacial score (nSPS) is 12.0. The van der Waals surface area contributed by atoms with Crippen LogP contribution in [0.1, 0.15) is 66.2 Å². The molecule has 0 aliphatic heterocycles. The van der Waals surface area contributed by atoms with E-state index in [1.165, 1.54) is 38.5 Å². The quantitative estimate of drug-likeness (QED) is 0.500. The molecule has 0 aliphatic rings. The second kappa shape index (κ2) is 5.62. The average molecular weight is 156 g/mol. The highest BCUT2D eigenvalue weighted by Gasteiger charge is 2.13. The van der Waals surface area contributed by atoms with Crippen LogP contribution in [0.4, 0.5) is 0 Å². The van der Waals surface area contributed by atoms with Gasteiger partial charge in [0.25, 0.3) is 0 Å². The van der Waals surface area contributed by atoms with E-state index in [4.69, 9.17) is 0 Å². The van der Waals surface area contributed by atoms with Gasteiger partial charge in [0.1, 0.15) is 0 Å². The van der Waals surface area contributed by atoms with Gasteiger partial charge in [-0.2, -0.15) is 0 Å². The lowest BCUT2D eigenvalue weighted by atomic mass is 9.84. The first kappa shape index (κ1) is 11.0. The fraction of sp³-hybridized carbons (Fsp3) is 1.00. The summed E-state index contributed by atoms with van der Waals surface area (Å²) in [6.07, 6.45) is 8.35. The van der Waals surface area contributed by atoms with Crippen molar-refractivity contribution in [3.05, 3.63) is 0 Å². The third-order valence-corrected chi connectivity index (χ3v) is 2.66. The van der Waals surface area contributed by atoms with Gasteiger partial charge in [0.05, 0.1) is 0 Å². The Morgan fingerprint density at radius 3 is 2.00 bits per heavy atom. The van der Waals surface area contributed by atoms with Crippen LogP contribution in [0, 0.1) is 5.41 Å². The molecule has 0 amide bonds. The summed E-state index contributed by atoms with van der Waals surface area (Å²) in [5.41, 5.74) is 0.591. The summed E-state index contributed by atoms with van der Waals surface area (Å²) >= 11 is 0. The summed E-state index contributed by atoms with van der Waals surface area (Å²) in [7, 11) is 0. The fourth-order valence-corrected chi connectivity index (χ4v) is 1.21. The van der Waals surface area contributed by atoms with Crippen molar-refractivity contribution < 1.29 is 0 Å². The molecule has 0 bridgehead atoms. The highest BCUT2D eigenvalue weighted by molar-refractivity contribution is 4.65. The van der Waals surface area contributed by atoms with Crippen molar-refractivity contribution in [1.29, 1.82) is 0 Å². The lowest BCUT2D eigenvalue weighted by Crippen LogP contribution is -2.08. The van der Waals surface area contributed by atoms with Crippen molar-refractivity contribution in [2.24, 2.45) is 5.41 Å². The molecule has 0 nitrogen and oxygen atoms in total. The molecule has 0 saturated carbocycles. The van der Waals surface area contributed by atoms with Crippen LogP contribution in [0.25, 0.3) is 0 Å². The standard InChI is InChI=1S/C11H24/c1-5-7-8-9-10-11(3,4)6-2/h5-10H2,1-4H3. The first-order valence-corrected chi connectivity index (χ1v) is 5.12. The van der Waals surface area contributed by atoms with Crippen LogP contribution in [0.2, 0.25) is 0 Å². The van der Waals surface area contributed by atoms with Crippen molar-refractivity contribution in [2.75, 3.05) is 0 Å². The lowest BCUT2D eigenvalue weighted by molar-refractivity contribution is 0.308. The van der Waals surface area contributed by atoms with E-state index in [1.807, 2.05) is 0 Å². The zero-order valence-electron chi connectivity index (χ0n) is 8.74. The largest absolute Gasteiger partial charge is 0.0654 e. The van der Waals surface area contributed by atoms with Gasteiger partial charge >= 0.3 is 0 Å². The van der Waals surface area contributed by atoms with Gasteiger partial charge in [0, 0.05) is 0 Å². The second-order valence-electron chi connectivity index (χ2n) is 4.33. The predicted octanol–water partition coefficient (Wildman–Crippen LogP) is 4.39. The third kappa shape index (κ3) is 6.40. The van der Waals surface area contributed by atoms with Crippen LogP contribution in [-0.2, 0) is 0 Å². The molecule has 0 heterocycles. The van der Waals surface area contributed by atoms with E-state index in [1.54, 1.807) is 0 Å². The van der Waals surface area contributed by atoms with Crippen LogP contribution in [0.15, 0.2) is 0 Å². The minimum absolute atomic E-state index is 0.591. The topological polar surface area (TPSA) is 0 Å². The maximum absolute atomic E-state index is 2.37. The monoisotopic (exact) mass is 156 g/mol. The van der Waals surface area contributed by atoms with Crippen molar-refractivity contribution in [3.63, 3.8) is 0 Å². The van der Waals surface area contributed by atoms with Crippen molar-refractivity contribution in [3.8, 4) is 0 Å². The van der Waals surface area contributed by atoms with Crippen LogP contribution in [-0.4, -0.2) is 0 Å². The molecule has 0 N–H and O–H groups in total. The molecular weight excluding hydrogens is 132 g/mol. The molecule has 0 fully saturated rings. The predicted molar refractivity (Wildman–Crippen MR) is 52.8 cm³/mol. The molecule has 0 rings (SSSR count). The summed E-state index contributed by atoms with van der Waals surface area (Å²) in [5.74, 6) is 0. The molecule has 11 heavy (non-hydrogen) atoms. The molecule has 0 saturated heterocycles. The first-order chi connectivity index (χ1) is 5.12. The van der Waals surface area contributed by atoms with Crippen LogP contribution in [0.3, 0.4) is 0 Å². The summed E-state index contributed by atoms with van der Waals surface area (Å²) < 4.78 is 0. The SMILES string of the molecule is CCCCCCC(C)(C)CC.